The van der Waals surface area contributed by atoms with Crippen LogP contribution < -0.4 is 11.1 Å². The molecule has 2 atom stereocenters. The minimum Gasteiger partial charge on any atom is -0.353 e. The van der Waals surface area contributed by atoms with Crippen LogP contribution in [0, 0.1) is 29.1 Å². The highest BCUT2D eigenvalue weighted by molar-refractivity contribution is 5.84. The Hall–Kier alpha value is -1.35. The molecule has 0 heterocycles. The predicted octanol–water partition coefficient (Wildman–Crippen LogP) is 4.79. The molecule has 0 aliphatic heterocycles. The lowest BCUT2D eigenvalue weighted by molar-refractivity contribution is -0.158. The average molecular weight is 395 g/mol. The van der Waals surface area contributed by atoms with Crippen LogP contribution in [-0.2, 0) is 10.2 Å². The van der Waals surface area contributed by atoms with Crippen LogP contribution in [0.5, 0.6) is 0 Å². The fourth-order valence-electron chi connectivity index (χ4n) is 8.19. The van der Waals surface area contributed by atoms with Crippen LogP contribution in [0.3, 0.4) is 0 Å². The van der Waals surface area contributed by atoms with Crippen LogP contribution in [0.4, 0.5) is 0 Å². The molecule has 2 unspecified atom stereocenters. The van der Waals surface area contributed by atoms with Gasteiger partial charge in [-0.25, -0.2) is 0 Å². The summed E-state index contributed by atoms with van der Waals surface area (Å²) < 4.78 is 0. The number of nitrogens with one attached hydrogen (secondary N) is 1. The maximum Gasteiger partial charge on any atom is 0.226 e. The van der Waals surface area contributed by atoms with Crippen molar-refractivity contribution in [1.82, 2.24) is 5.32 Å². The summed E-state index contributed by atoms with van der Waals surface area (Å²) in [5, 5.41) is 3.54. The number of amides is 1. The zero-order valence-corrected chi connectivity index (χ0v) is 18.0. The first-order valence-corrected chi connectivity index (χ1v) is 12.1. The molecule has 4 bridgehead atoms. The van der Waals surface area contributed by atoms with Crippen LogP contribution in [0.2, 0.25) is 0 Å². The van der Waals surface area contributed by atoms with E-state index < -0.39 is 0 Å². The zero-order chi connectivity index (χ0) is 20.1. The SMILES string of the molecule is CCC1C2CC3(C(=O)NC4CCC(CN)CC4)CC1CC(c1ccccc1)(C2)C3. The van der Waals surface area contributed by atoms with E-state index in [2.05, 4.69) is 42.6 Å². The van der Waals surface area contributed by atoms with Gasteiger partial charge in [-0.2, -0.15) is 0 Å². The molecule has 5 fully saturated rings. The number of hydrogen-bond acceptors (Lipinski definition) is 2. The highest BCUT2D eigenvalue weighted by Gasteiger charge is 2.63. The Kier molecular flexibility index (Phi) is 5.01. The molecule has 0 saturated heterocycles. The standard InChI is InChI=1S/C26H38N2O/c1-2-23-19-12-25(21-6-4-3-5-7-21)13-20(23)15-26(14-19,17-25)24(29)28-22-10-8-18(16-27)9-11-22/h3-7,18-20,22-23H,2,8-17,27H2,1H3,(H,28,29). The molecule has 0 radical (unpaired) electrons. The van der Waals surface area contributed by atoms with Crippen LogP contribution in [0.1, 0.15) is 76.7 Å². The predicted molar refractivity (Wildman–Crippen MR) is 117 cm³/mol. The second-order valence-corrected chi connectivity index (χ2v) is 10.9. The van der Waals surface area contributed by atoms with Gasteiger partial charge in [-0.3, -0.25) is 4.79 Å². The van der Waals surface area contributed by atoms with E-state index in [0.717, 1.165) is 56.4 Å². The third-order valence-electron chi connectivity index (χ3n) is 9.35. The van der Waals surface area contributed by atoms with Gasteiger partial charge in [0.2, 0.25) is 5.91 Å². The van der Waals surface area contributed by atoms with E-state index in [1.54, 1.807) is 0 Å². The first-order chi connectivity index (χ1) is 14.1. The summed E-state index contributed by atoms with van der Waals surface area (Å²) in [5.74, 6) is 3.32. The fourth-order valence-corrected chi connectivity index (χ4v) is 8.19. The summed E-state index contributed by atoms with van der Waals surface area (Å²) in [6.45, 7) is 3.16. The van der Waals surface area contributed by atoms with Crippen molar-refractivity contribution in [3.8, 4) is 0 Å². The molecule has 1 aromatic carbocycles. The fraction of sp³-hybridized carbons (Fsp3) is 0.731. The van der Waals surface area contributed by atoms with Gasteiger partial charge in [-0.1, -0.05) is 43.7 Å². The molecule has 5 saturated carbocycles. The van der Waals surface area contributed by atoms with Crippen LogP contribution >= 0.6 is 0 Å². The molecular formula is C26H38N2O. The van der Waals surface area contributed by atoms with Gasteiger partial charge in [0.25, 0.3) is 0 Å². The molecule has 5 aliphatic carbocycles. The molecule has 1 aromatic rings. The van der Waals surface area contributed by atoms with Crippen molar-refractivity contribution >= 4 is 5.91 Å². The van der Waals surface area contributed by atoms with Crippen molar-refractivity contribution in [2.45, 2.75) is 82.6 Å². The lowest BCUT2D eigenvalue weighted by atomic mass is 9.39. The Morgan fingerprint density at radius 2 is 1.69 bits per heavy atom. The molecule has 3 nitrogen and oxygen atoms in total. The smallest absolute Gasteiger partial charge is 0.226 e. The molecule has 29 heavy (non-hydrogen) atoms. The molecule has 3 N–H and O–H groups in total. The molecule has 6 rings (SSSR count). The van der Waals surface area contributed by atoms with E-state index >= 15 is 0 Å². The van der Waals surface area contributed by atoms with Crippen LogP contribution in [0.15, 0.2) is 30.3 Å². The van der Waals surface area contributed by atoms with Gasteiger partial charge in [0.05, 0.1) is 5.41 Å². The lowest BCUT2D eigenvalue weighted by Crippen LogP contribution is -2.62. The highest BCUT2D eigenvalue weighted by Crippen LogP contribution is 2.68. The van der Waals surface area contributed by atoms with E-state index in [1.165, 1.54) is 37.7 Å². The molecule has 1 amide bonds. The normalized spacial score (nSPS) is 43.3. The number of benzene rings is 1. The van der Waals surface area contributed by atoms with E-state index in [9.17, 15) is 4.79 Å². The topological polar surface area (TPSA) is 55.1 Å². The second kappa shape index (κ2) is 7.41. The molecular weight excluding hydrogens is 356 g/mol. The summed E-state index contributed by atoms with van der Waals surface area (Å²) in [4.78, 5) is 13.7. The zero-order valence-electron chi connectivity index (χ0n) is 18.0. The number of nitrogens with two attached hydrogens (primary N) is 1. The minimum absolute atomic E-state index is 0.127. The number of carbonyl (C=O) groups excluding carboxylic acids is 1. The summed E-state index contributed by atoms with van der Waals surface area (Å²) in [7, 11) is 0. The van der Waals surface area contributed by atoms with Crippen molar-refractivity contribution < 1.29 is 4.79 Å². The van der Waals surface area contributed by atoms with Crippen molar-refractivity contribution in [3.63, 3.8) is 0 Å². The maximum absolute atomic E-state index is 13.7. The van der Waals surface area contributed by atoms with Crippen molar-refractivity contribution in [3.05, 3.63) is 35.9 Å². The molecule has 0 aromatic heterocycles. The van der Waals surface area contributed by atoms with E-state index in [1.807, 2.05) is 0 Å². The monoisotopic (exact) mass is 394 g/mol. The highest BCUT2D eigenvalue weighted by atomic mass is 16.2. The van der Waals surface area contributed by atoms with Crippen molar-refractivity contribution in [2.24, 2.45) is 34.8 Å². The van der Waals surface area contributed by atoms with E-state index in [0.29, 0.717) is 17.9 Å². The molecule has 0 spiro atoms. The Bertz CT molecular complexity index is 720. The summed E-state index contributed by atoms with van der Waals surface area (Å²) in [5.41, 5.74) is 7.45. The molecule has 5 aliphatic rings. The van der Waals surface area contributed by atoms with Crippen LogP contribution in [0.25, 0.3) is 0 Å². The third-order valence-corrected chi connectivity index (χ3v) is 9.35. The lowest BCUT2D eigenvalue weighted by Gasteiger charge is -2.64. The Morgan fingerprint density at radius 1 is 1.03 bits per heavy atom. The van der Waals surface area contributed by atoms with Crippen molar-refractivity contribution in [2.75, 3.05) is 6.54 Å². The number of carbonyl (C=O) groups is 1. The molecule has 158 valence electrons. The van der Waals surface area contributed by atoms with Crippen molar-refractivity contribution in [1.29, 1.82) is 0 Å². The third kappa shape index (κ3) is 3.24. The first kappa shape index (κ1) is 19.6. The summed E-state index contributed by atoms with van der Waals surface area (Å²) in [6, 6.07) is 11.5. The van der Waals surface area contributed by atoms with Gasteiger partial charge in [0.15, 0.2) is 0 Å². The van der Waals surface area contributed by atoms with Crippen LogP contribution in [-0.4, -0.2) is 18.5 Å². The van der Waals surface area contributed by atoms with E-state index in [-0.39, 0.29) is 10.8 Å². The second-order valence-electron chi connectivity index (χ2n) is 10.9. The Labute approximate surface area is 176 Å². The Morgan fingerprint density at radius 3 is 2.28 bits per heavy atom. The number of hydrogen-bond donors (Lipinski definition) is 2. The van der Waals surface area contributed by atoms with Gasteiger partial charge in [-0.15, -0.1) is 0 Å². The Balaban J connectivity index is 1.39. The van der Waals surface area contributed by atoms with Gasteiger partial charge < -0.3 is 11.1 Å². The summed E-state index contributed by atoms with van der Waals surface area (Å²) in [6.07, 6.45) is 11.7. The minimum atomic E-state index is -0.127. The average Bonchev–Trinajstić information content (AvgIpc) is 2.74. The maximum atomic E-state index is 13.7. The summed E-state index contributed by atoms with van der Waals surface area (Å²) >= 11 is 0. The number of rotatable bonds is 5. The van der Waals surface area contributed by atoms with E-state index in [4.69, 9.17) is 5.73 Å². The quantitative estimate of drug-likeness (QED) is 0.754. The largest absolute Gasteiger partial charge is 0.353 e. The van der Waals surface area contributed by atoms with Gasteiger partial charge in [0.1, 0.15) is 0 Å². The van der Waals surface area contributed by atoms with Gasteiger partial charge in [0, 0.05) is 6.04 Å². The molecule has 3 heteroatoms. The van der Waals surface area contributed by atoms with Gasteiger partial charge >= 0.3 is 0 Å². The van der Waals surface area contributed by atoms with Gasteiger partial charge in [-0.05, 0) is 99.0 Å². The first-order valence-electron chi connectivity index (χ1n) is 12.1.